The summed E-state index contributed by atoms with van der Waals surface area (Å²) < 4.78 is 11.3. The van der Waals surface area contributed by atoms with Crippen molar-refractivity contribution < 1.29 is 14.3 Å². The summed E-state index contributed by atoms with van der Waals surface area (Å²) in [7, 11) is 1.55. The average Bonchev–Trinajstić information content (AvgIpc) is 2.74. The topological polar surface area (TPSA) is 59.9 Å². The van der Waals surface area contributed by atoms with E-state index in [1.807, 2.05) is 55.5 Å². The second-order valence-electron chi connectivity index (χ2n) is 6.80. The Morgan fingerprint density at radius 3 is 2.72 bits per heavy atom. The summed E-state index contributed by atoms with van der Waals surface area (Å²) >= 11 is 0. The third-order valence-corrected chi connectivity index (χ3v) is 4.65. The van der Waals surface area contributed by atoms with E-state index in [9.17, 15) is 4.79 Å². The van der Waals surface area contributed by atoms with Gasteiger partial charge in [0.05, 0.1) is 25.5 Å². The van der Waals surface area contributed by atoms with Gasteiger partial charge in [-0.05, 0) is 47.9 Å². The number of nitrogens with zero attached hydrogens (tertiary/aromatic N) is 1. The zero-order valence-electron chi connectivity index (χ0n) is 17.1. The summed E-state index contributed by atoms with van der Waals surface area (Å²) in [5, 5.41) is 6.30. The number of amides is 1. The van der Waals surface area contributed by atoms with Crippen molar-refractivity contribution in [2.24, 2.45) is 5.10 Å². The molecule has 0 heterocycles. The molecule has 0 atom stereocenters. The predicted octanol–water partition coefficient (Wildman–Crippen LogP) is 5.10. The second kappa shape index (κ2) is 9.73. The van der Waals surface area contributed by atoms with Crippen LogP contribution in [0.1, 0.15) is 41.3 Å². The minimum absolute atomic E-state index is 0.327. The van der Waals surface area contributed by atoms with Crippen LogP contribution in [-0.4, -0.2) is 25.8 Å². The number of carbonyl (C=O) groups excluding carboxylic acids is 1. The maximum atomic E-state index is 12.5. The van der Waals surface area contributed by atoms with Crippen molar-refractivity contribution >= 4 is 22.9 Å². The van der Waals surface area contributed by atoms with Gasteiger partial charge in [-0.1, -0.05) is 49.7 Å². The van der Waals surface area contributed by atoms with E-state index in [0.29, 0.717) is 17.9 Å². The van der Waals surface area contributed by atoms with E-state index < -0.39 is 0 Å². The van der Waals surface area contributed by atoms with E-state index >= 15 is 0 Å². The van der Waals surface area contributed by atoms with Crippen LogP contribution in [0.3, 0.4) is 0 Å². The molecule has 0 aliphatic carbocycles. The van der Waals surface area contributed by atoms with E-state index in [4.69, 9.17) is 9.47 Å². The minimum Gasteiger partial charge on any atom is -0.496 e. The summed E-state index contributed by atoms with van der Waals surface area (Å²) in [6, 6.07) is 17.4. The Morgan fingerprint density at radius 2 is 1.93 bits per heavy atom. The molecule has 3 rings (SSSR count). The van der Waals surface area contributed by atoms with Crippen LogP contribution in [0.2, 0.25) is 0 Å². The van der Waals surface area contributed by atoms with Gasteiger partial charge in [0.1, 0.15) is 11.5 Å². The molecule has 0 bridgehead atoms. The molecule has 5 nitrogen and oxygen atoms in total. The van der Waals surface area contributed by atoms with Gasteiger partial charge in [-0.2, -0.15) is 5.10 Å². The number of fused-ring (bicyclic) bond motifs is 1. The van der Waals surface area contributed by atoms with Crippen molar-refractivity contribution in [1.82, 2.24) is 5.43 Å². The van der Waals surface area contributed by atoms with E-state index in [-0.39, 0.29) is 5.91 Å². The summed E-state index contributed by atoms with van der Waals surface area (Å²) in [5.41, 5.74) is 4.90. The Morgan fingerprint density at radius 1 is 1.10 bits per heavy atom. The SMILES string of the molecule is CCCCOc1ccc2ccccc2c1/C=N\NC(=O)c1ccc(C)cc1OC. The third kappa shape index (κ3) is 4.93. The highest BCUT2D eigenvalue weighted by atomic mass is 16.5. The summed E-state index contributed by atoms with van der Waals surface area (Å²) in [5.74, 6) is 0.946. The van der Waals surface area contributed by atoms with Gasteiger partial charge in [-0.25, -0.2) is 5.43 Å². The van der Waals surface area contributed by atoms with Crippen molar-refractivity contribution in [1.29, 1.82) is 0 Å². The fraction of sp³-hybridized carbons (Fsp3) is 0.250. The molecule has 150 valence electrons. The van der Waals surface area contributed by atoms with Crippen molar-refractivity contribution in [2.75, 3.05) is 13.7 Å². The van der Waals surface area contributed by atoms with Crippen LogP contribution in [0, 0.1) is 6.92 Å². The Hall–Kier alpha value is -3.34. The zero-order chi connectivity index (χ0) is 20.6. The predicted molar refractivity (Wildman–Crippen MR) is 117 cm³/mol. The van der Waals surface area contributed by atoms with Gasteiger partial charge in [0.15, 0.2) is 0 Å². The number of benzene rings is 3. The Labute approximate surface area is 171 Å². The van der Waals surface area contributed by atoms with E-state index in [2.05, 4.69) is 17.5 Å². The van der Waals surface area contributed by atoms with Gasteiger partial charge < -0.3 is 9.47 Å². The molecular weight excluding hydrogens is 364 g/mol. The van der Waals surface area contributed by atoms with Crippen molar-refractivity contribution in [3.63, 3.8) is 0 Å². The van der Waals surface area contributed by atoms with Gasteiger partial charge in [0.25, 0.3) is 5.91 Å². The lowest BCUT2D eigenvalue weighted by Gasteiger charge is -2.11. The van der Waals surface area contributed by atoms with Gasteiger partial charge in [0.2, 0.25) is 0 Å². The van der Waals surface area contributed by atoms with Crippen molar-refractivity contribution in [2.45, 2.75) is 26.7 Å². The number of ether oxygens (including phenoxy) is 2. The molecule has 0 radical (unpaired) electrons. The van der Waals surface area contributed by atoms with Crippen LogP contribution in [0.25, 0.3) is 10.8 Å². The van der Waals surface area contributed by atoms with Crippen molar-refractivity contribution in [3.05, 3.63) is 71.3 Å². The van der Waals surface area contributed by atoms with E-state index in [1.165, 1.54) is 0 Å². The number of rotatable bonds is 8. The first-order valence-corrected chi connectivity index (χ1v) is 9.76. The largest absolute Gasteiger partial charge is 0.496 e. The normalized spacial score (nSPS) is 11.0. The molecule has 0 aliphatic heterocycles. The van der Waals surface area contributed by atoms with Crippen LogP contribution >= 0.6 is 0 Å². The van der Waals surface area contributed by atoms with Crippen LogP contribution in [0.15, 0.2) is 59.7 Å². The highest BCUT2D eigenvalue weighted by Crippen LogP contribution is 2.27. The van der Waals surface area contributed by atoms with Crippen LogP contribution in [-0.2, 0) is 0 Å². The smallest absolute Gasteiger partial charge is 0.275 e. The monoisotopic (exact) mass is 390 g/mol. The number of nitrogens with one attached hydrogen (secondary N) is 1. The lowest BCUT2D eigenvalue weighted by Crippen LogP contribution is -2.18. The number of hydrogen-bond acceptors (Lipinski definition) is 4. The maximum absolute atomic E-state index is 12.5. The number of carbonyl (C=O) groups is 1. The van der Waals surface area contributed by atoms with Gasteiger partial charge in [0, 0.05) is 5.56 Å². The standard InChI is InChI=1S/C24H26N2O3/c1-4-5-14-29-22-13-11-18-8-6-7-9-19(18)21(22)16-25-26-24(27)20-12-10-17(2)15-23(20)28-3/h6-13,15-16H,4-5,14H2,1-3H3,(H,26,27)/b25-16-. The molecule has 0 aliphatic rings. The fourth-order valence-electron chi connectivity index (χ4n) is 3.06. The third-order valence-electron chi connectivity index (χ3n) is 4.65. The van der Waals surface area contributed by atoms with Gasteiger partial charge in [-0.15, -0.1) is 0 Å². The van der Waals surface area contributed by atoms with Crippen LogP contribution < -0.4 is 14.9 Å². The molecular formula is C24H26N2O3. The molecule has 3 aromatic carbocycles. The van der Waals surface area contributed by atoms with Crippen LogP contribution in [0.5, 0.6) is 11.5 Å². The molecule has 0 fully saturated rings. The highest BCUT2D eigenvalue weighted by molar-refractivity contribution is 6.03. The first-order valence-electron chi connectivity index (χ1n) is 9.76. The van der Waals surface area contributed by atoms with E-state index in [0.717, 1.165) is 40.5 Å². The van der Waals surface area contributed by atoms with Gasteiger partial charge >= 0.3 is 0 Å². The maximum Gasteiger partial charge on any atom is 0.275 e. The zero-order valence-corrected chi connectivity index (χ0v) is 17.1. The highest BCUT2D eigenvalue weighted by Gasteiger charge is 2.12. The first-order chi connectivity index (χ1) is 14.1. The number of hydrazone groups is 1. The Bertz CT molecular complexity index is 1030. The Kier molecular flexibility index (Phi) is 6.85. The van der Waals surface area contributed by atoms with Crippen molar-refractivity contribution in [3.8, 4) is 11.5 Å². The molecule has 0 unspecified atom stereocenters. The molecule has 0 saturated carbocycles. The minimum atomic E-state index is -0.327. The lowest BCUT2D eigenvalue weighted by molar-refractivity contribution is 0.0952. The second-order valence-corrected chi connectivity index (χ2v) is 6.80. The Balaban J connectivity index is 1.85. The number of methoxy groups -OCH3 is 1. The number of unbranched alkanes of at least 4 members (excludes halogenated alkanes) is 1. The number of hydrogen-bond donors (Lipinski definition) is 1. The molecule has 5 heteroatoms. The molecule has 1 amide bonds. The number of aryl methyl sites for hydroxylation is 1. The summed E-state index contributed by atoms with van der Waals surface area (Å²) in [6.07, 6.45) is 3.68. The summed E-state index contributed by atoms with van der Waals surface area (Å²) in [6.45, 7) is 4.71. The first kappa shape index (κ1) is 20.4. The van der Waals surface area contributed by atoms with Gasteiger partial charge in [-0.3, -0.25) is 4.79 Å². The molecule has 0 spiro atoms. The fourth-order valence-corrected chi connectivity index (χ4v) is 3.06. The quantitative estimate of drug-likeness (QED) is 0.331. The molecule has 0 saturated heterocycles. The molecule has 1 N–H and O–H groups in total. The average molecular weight is 390 g/mol. The lowest BCUT2D eigenvalue weighted by atomic mass is 10.0. The summed E-state index contributed by atoms with van der Waals surface area (Å²) in [4.78, 5) is 12.5. The molecule has 0 aromatic heterocycles. The van der Waals surface area contributed by atoms with Crippen LogP contribution in [0.4, 0.5) is 0 Å². The molecule has 3 aromatic rings. The molecule has 29 heavy (non-hydrogen) atoms. The van der Waals surface area contributed by atoms with E-state index in [1.54, 1.807) is 19.4 Å².